The van der Waals surface area contributed by atoms with Crippen LogP contribution in [0, 0.1) is 0 Å². The number of anilines is 3. The number of hydrazine groups is 1. The van der Waals surface area contributed by atoms with Crippen molar-refractivity contribution in [2.75, 3.05) is 48.5 Å². The highest BCUT2D eigenvalue weighted by molar-refractivity contribution is 5.95. The Labute approximate surface area is 176 Å². The summed E-state index contributed by atoms with van der Waals surface area (Å²) in [5, 5.41) is 0. The number of nitrogens with zero attached hydrogens (tertiary/aromatic N) is 5. The minimum Gasteiger partial charge on any atom is -0.497 e. The Kier molecular flexibility index (Phi) is 6.46. The molecule has 4 rings (SSSR count). The lowest BCUT2D eigenvalue weighted by Crippen LogP contribution is -2.36. The Morgan fingerprint density at radius 1 is 0.900 bits per heavy atom. The largest absolute Gasteiger partial charge is 0.497 e. The molecule has 160 valence electrons. The van der Waals surface area contributed by atoms with Crippen LogP contribution in [0.2, 0.25) is 0 Å². The number of carbonyl (C=O) groups is 1. The zero-order valence-corrected chi connectivity index (χ0v) is 17.4. The third-order valence-corrected chi connectivity index (χ3v) is 5.51. The molecule has 0 saturated carbocycles. The predicted molar refractivity (Wildman–Crippen MR) is 116 cm³/mol. The number of benzene rings is 1. The molecule has 2 saturated heterocycles. The monoisotopic (exact) mass is 411 g/mol. The summed E-state index contributed by atoms with van der Waals surface area (Å²) in [7, 11) is 1.57. The Hall–Kier alpha value is -3.10. The molecule has 9 heteroatoms. The summed E-state index contributed by atoms with van der Waals surface area (Å²) in [5.41, 5.74) is 6.07. The molecule has 1 aromatic heterocycles. The van der Waals surface area contributed by atoms with Gasteiger partial charge in [-0.2, -0.15) is 15.0 Å². The fourth-order valence-corrected chi connectivity index (χ4v) is 3.83. The Morgan fingerprint density at radius 3 is 2.07 bits per heavy atom. The Balaban J connectivity index is 1.52. The van der Waals surface area contributed by atoms with Gasteiger partial charge in [-0.05, 0) is 56.7 Å². The number of carbonyl (C=O) groups excluding carboxylic acids is 1. The van der Waals surface area contributed by atoms with Crippen LogP contribution in [0.3, 0.4) is 0 Å². The molecular formula is C21H29N7O2. The fraction of sp³-hybridized carbons (Fsp3) is 0.524. The zero-order chi connectivity index (χ0) is 20.8. The Morgan fingerprint density at radius 2 is 1.50 bits per heavy atom. The first kappa shape index (κ1) is 20.2. The van der Waals surface area contributed by atoms with E-state index in [0.29, 0.717) is 29.2 Å². The number of hydrogen-bond acceptors (Lipinski definition) is 8. The van der Waals surface area contributed by atoms with Crippen molar-refractivity contribution < 1.29 is 9.53 Å². The van der Waals surface area contributed by atoms with Crippen molar-refractivity contribution in [3.8, 4) is 5.75 Å². The molecule has 30 heavy (non-hydrogen) atoms. The summed E-state index contributed by atoms with van der Waals surface area (Å²) in [6.07, 6.45) is 7.03. The minimum atomic E-state index is -0.284. The molecule has 1 amide bonds. The highest BCUT2D eigenvalue weighted by atomic mass is 16.5. The number of ether oxygens (including phenoxy) is 1. The molecule has 2 aliphatic rings. The summed E-state index contributed by atoms with van der Waals surface area (Å²) in [4.78, 5) is 30.8. The standard InChI is InChI=1S/C21H29N7O2/c1-30-17-10-8-9-16(15-17)18(29)25-26-19-22-20(27-11-4-2-5-12-27)24-21(23-19)28-13-6-3-7-14-28/h8-10,15H,2-7,11-14H2,1H3,(H,25,29)(H,22,23,24,26). The first-order valence-electron chi connectivity index (χ1n) is 10.7. The third kappa shape index (κ3) is 4.90. The van der Waals surface area contributed by atoms with Gasteiger partial charge in [0.05, 0.1) is 7.11 Å². The maximum atomic E-state index is 12.5. The molecule has 0 bridgehead atoms. The average molecular weight is 412 g/mol. The number of piperidine rings is 2. The molecule has 2 aromatic rings. The fourth-order valence-electron chi connectivity index (χ4n) is 3.83. The van der Waals surface area contributed by atoms with E-state index in [1.165, 1.54) is 12.8 Å². The van der Waals surface area contributed by atoms with E-state index in [1.807, 2.05) is 0 Å². The molecule has 2 N–H and O–H groups in total. The lowest BCUT2D eigenvalue weighted by Gasteiger charge is -2.30. The normalized spacial score (nSPS) is 16.8. The summed E-state index contributed by atoms with van der Waals surface area (Å²) >= 11 is 0. The summed E-state index contributed by atoms with van der Waals surface area (Å²) < 4.78 is 5.19. The second-order valence-electron chi connectivity index (χ2n) is 7.67. The molecule has 0 atom stereocenters. The van der Waals surface area contributed by atoms with E-state index in [1.54, 1.807) is 31.4 Å². The van der Waals surface area contributed by atoms with Gasteiger partial charge in [-0.25, -0.2) is 0 Å². The molecule has 1 aromatic carbocycles. The highest BCUT2D eigenvalue weighted by Gasteiger charge is 2.20. The summed E-state index contributed by atoms with van der Waals surface area (Å²) in [6.45, 7) is 3.77. The number of rotatable bonds is 6. The van der Waals surface area contributed by atoms with E-state index in [2.05, 4.69) is 30.6 Å². The Bertz CT molecular complexity index is 828. The van der Waals surface area contributed by atoms with Crippen LogP contribution in [0.4, 0.5) is 17.8 Å². The first-order valence-corrected chi connectivity index (χ1v) is 10.7. The van der Waals surface area contributed by atoms with Crippen LogP contribution < -0.4 is 25.4 Å². The van der Waals surface area contributed by atoms with E-state index in [4.69, 9.17) is 9.72 Å². The highest BCUT2D eigenvalue weighted by Crippen LogP contribution is 2.22. The van der Waals surface area contributed by atoms with Crippen molar-refractivity contribution in [2.24, 2.45) is 0 Å². The molecular weight excluding hydrogens is 382 g/mol. The summed E-state index contributed by atoms with van der Waals surface area (Å²) in [6, 6.07) is 6.99. The van der Waals surface area contributed by atoms with Crippen LogP contribution >= 0.6 is 0 Å². The molecule has 9 nitrogen and oxygen atoms in total. The van der Waals surface area contributed by atoms with Crippen LogP contribution in [-0.2, 0) is 0 Å². The second kappa shape index (κ2) is 9.60. The van der Waals surface area contributed by atoms with Gasteiger partial charge in [-0.1, -0.05) is 6.07 Å². The predicted octanol–water partition coefficient (Wildman–Crippen LogP) is 2.62. The first-order chi connectivity index (χ1) is 14.7. The van der Waals surface area contributed by atoms with Crippen LogP contribution in [0.25, 0.3) is 0 Å². The second-order valence-corrected chi connectivity index (χ2v) is 7.67. The van der Waals surface area contributed by atoms with Crippen LogP contribution in [0.15, 0.2) is 24.3 Å². The van der Waals surface area contributed by atoms with Crippen molar-refractivity contribution in [1.29, 1.82) is 0 Å². The third-order valence-electron chi connectivity index (χ3n) is 5.51. The van der Waals surface area contributed by atoms with Gasteiger partial charge in [0.2, 0.25) is 17.8 Å². The average Bonchev–Trinajstić information content (AvgIpc) is 2.83. The number of amides is 1. The van der Waals surface area contributed by atoms with Gasteiger partial charge in [0.1, 0.15) is 5.75 Å². The molecule has 2 aliphatic heterocycles. The lowest BCUT2D eigenvalue weighted by molar-refractivity contribution is 0.0962. The molecule has 3 heterocycles. The van der Waals surface area contributed by atoms with Crippen molar-refractivity contribution in [3.63, 3.8) is 0 Å². The van der Waals surface area contributed by atoms with Crippen molar-refractivity contribution in [1.82, 2.24) is 20.4 Å². The van der Waals surface area contributed by atoms with Crippen molar-refractivity contribution in [3.05, 3.63) is 29.8 Å². The summed E-state index contributed by atoms with van der Waals surface area (Å²) in [5.74, 6) is 2.03. The quantitative estimate of drug-likeness (QED) is 0.701. The molecule has 0 unspecified atom stereocenters. The maximum absolute atomic E-state index is 12.5. The van der Waals surface area contributed by atoms with E-state index in [0.717, 1.165) is 51.9 Å². The SMILES string of the molecule is COc1cccc(C(=O)NNc2nc(N3CCCCC3)nc(N3CCCCC3)n2)c1. The molecule has 0 radical (unpaired) electrons. The number of aromatic nitrogens is 3. The van der Waals surface area contributed by atoms with Crippen LogP contribution in [0.1, 0.15) is 48.9 Å². The van der Waals surface area contributed by atoms with Gasteiger partial charge in [-0.15, -0.1) is 0 Å². The number of methoxy groups -OCH3 is 1. The van der Waals surface area contributed by atoms with E-state index in [-0.39, 0.29) is 5.91 Å². The van der Waals surface area contributed by atoms with E-state index in [9.17, 15) is 4.79 Å². The van der Waals surface area contributed by atoms with Gasteiger partial charge >= 0.3 is 0 Å². The number of nitrogens with one attached hydrogen (secondary N) is 2. The van der Waals surface area contributed by atoms with Gasteiger partial charge in [0.25, 0.3) is 5.91 Å². The maximum Gasteiger partial charge on any atom is 0.269 e. The van der Waals surface area contributed by atoms with Gasteiger partial charge in [0, 0.05) is 31.7 Å². The van der Waals surface area contributed by atoms with Crippen LogP contribution in [0.5, 0.6) is 5.75 Å². The minimum absolute atomic E-state index is 0.284. The topological polar surface area (TPSA) is 95.5 Å². The van der Waals surface area contributed by atoms with Crippen molar-refractivity contribution in [2.45, 2.75) is 38.5 Å². The van der Waals surface area contributed by atoms with E-state index >= 15 is 0 Å². The number of hydrogen-bond donors (Lipinski definition) is 2. The smallest absolute Gasteiger partial charge is 0.269 e. The van der Waals surface area contributed by atoms with E-state index < -0.39 is 0 Å². The molecule has 2 fully saturated rings. The molecule has 0 spiro atoms. The molecule has 0 aliphatic carbocycles. The van der Waals surface area contributed by atoms with Crippen LogP contribution in [-0.4, -0.2) is 54.1 Å². The lowest BCUT2D eigenvalue weighted by atomic mass is 10.1. The zero-order valence-electron chi connectivity index (χ0n) is 17.4. The van der Waals surface area contributed by atoms with Crippen molar-refractivity contribution >= 4 is 23.8 Å². The van der Waals surface area contributed by atoms with Gasteiger partial charge in [0.15, 0.2) is 0 Å². The van der Waals surface area contributed by atoms with Gasteiger partial charge < -0.3 is 14.5 Å². The van der Waals surface area contributed by atoms with Gasteiger partial charge in [-0.3, -0.25) is 15.6 Å².